The summed E-state index contributed by atoms with van der Waals surface area (Å²) in [6.07, 6.45) is 3.71. The standard InChI is InChI=1S/C13H20N4O2/c1-9(13(2)5-6-13)17(3)12(18)16-10-7-11(19-4)15-8-14-10/h7-9H,5-6H2,1-4H3,(H,14,15,16,18)/t9-/m0/s1. The number of carbonyl (C=O) groups excluding carboxylic acids is 1. The number of rotatable bonds is 4. The van der Waals surface area contributed by atoms with Crippen LogP contribution >= 0.6 is 0 Å². The van der Waals surface area contributed by atoms with Crippen molar-refractivity contribution in [3.05, 3.63) is 12.4 Å². The number of hydrogen-bond acceptors (Lipinski definition) is 4. The van der Waals surface area contributed by atoms with Crippen LogP contribution in [0.4, 0.5) is 10.6 Å². The number of ether oxygens (including phenoxy) is 1. The Morgan fingerprint density at radius 1 is 1.53 bits per heavy atom. The van der Waals surface area contributed by atoms with E-state index in [2.05, 4.69) is 29.1 Å². The number of amides is 2. The molecule has 0 aromatic carbocycles. The fourth-order valence-corrected chi connectivity index (χ4v) is 1.98. The quantitative estimate of drug-likeness (QED) is 0.904. The van der Waals surface area contributed by atoms with Gasteiger partial charge in [-0.25, -0.2) is 14.8 Å². The lowest BCUT2D eigenvalue weighted by Crippen LogP contribution is -2.42. The molecule has 1 N–H and O–H groups in total. The molecule has 0 unspecified atom stereocenters. The monoisotopic (exact) mass is 264 g/mol. The summed E-state index contributed by atoms with van der Waals surface area (Å²) in [7, 11) is 3.33. The van der Waals surface area contributed by atoms with Crippen molar-refractivity contribution in [3.63, 3.8) is 0 Å². The Balaban J connectivity index is 1.99. The predicted octanol–water partition coefficient (Wildman–Crippen LogP) is 2.14. The van der Waals surface area contributed by atoms with Gasteiger partial charge in [0, 0.05) is 19.2 Å². The third-order valence-electron chi connectivity index (χ3n) is 4.03. The van der Waals surface area contributed by atoms with Crippen molar-refractivity contribution in [2.45, 2.75) is 32.7 Å². The smallest absolute Gasteiger partial charge is 0.323 e. The van der Waals surface area contributed by atoms with E-state index < -0.39 is 0 Å². The van der Waals surface area contributed by atoms with Gasteiger partial charge in [0.1, 0.15) is 12.1 Å². The highest BCUT2D eigenvalue weighted by atomic mass is 16.5. The minimum atomic E-state index is -0.165. The van der Waals surface area contributed by atoms with E-state index in [1.807, 2.05) is 7.05 Å². The number of nitrogens with one attached hydrogen (secondary N) is 1. The van der Waals surface area contributed by atoms with Crippen molar-refractivity contribution < 1.29 is 9.53 Å². The van der Waals surface area contributed by atoms with Crippen molar-refractivity contribution >= 4 is 11.8 Å². The maximum absolute atomic E-state index is 12.1. The number of carbonyl (C=O) groups is 1. The molecule has 0 saturated heterocycles. The minimum Gasteiger partial charge on any atom is -0.481 e. The van der Waals surface area contributed by atoms with Crippen molar-refractivity contribution in [2.75, 3.05) is 19.5 Å². The van der Waals surface area contributed by atoms with Gasteiger partial charge in [-0.15, -0.1) is 0 Å². The number of hydrogen-bond donors (Lipinski definition) is 1. The number of anilines is 1. The van der Waals surface area contributed by atoms with Crippen molar-refractivity contribution in [1.82, 2.24) is 14.9 Å². The molecule has 19 heavy (non-hydrogen) atoms. The molecule has 2 rings (SSSR count). The highest BCUT2D eigenvalue weighted by molar-refractivity contribution is 5.88. The highest BCUT2D eigenvalue weighted by Crippen LogP contribution is 2.49. The van der Waals surface area contributed by atoms with Gasteiger partial charge in [-0.3, -0.25) is 5.32 Å². The molecule has 104 valence electrons. The SMILES string of the molecule is COc1cc(NC(=O)N(C)[C@@H](C)C2(C)CC2)ncn1. The van der Waals surface area contributed by atoms with Crippen LogP contribution in [0.1, 0.15) is 26.7 Å². The van der Waals surface area contributed by atoms with E-state index in [-0.39, 0.29) is 17.5 Å². The summed E-state index contributed by atoms with van der Waals surface area (Å²) in [6.45, 7) is 4.28. The fourth-order valence-electron chi connectivity index (χ4n) is 1.98. The van der Waals surface area contributed by atoms with E-state index >= 15 is 0 Å². The fraction of sp³-hybridized carbons (Fsp3) is 0.615. The summed E-state index contributed by atoms with van der Waals surface area (Å²) >= 11 is 0. The molecule has 0 radical (unpaired) electrons. The number of urea groups is 1. The lowest BCUT2D eigenvalue weighted by Gasteiger charge is -2.29. The van der Waals surface area contributed by atoms with Gasteiger partial charge in [0.15, 0.2) is 0 Å². The van der Waals surface area contributed by atoms with Crippen molar-refractivity contribution in [3.8, 4) is 5.88 Å². The van der Waals surface area contributed by atoms with E-state index in [9.17, 15) is 4.79 Å². The number of aromatic nitrogens is 2. The van der Waals surface area contributed by atoms with Crippen LogP contribution in [0.3, 0.4) is 0 Å². The van der Waals surface area contributed by atoms with E-state index in [1.165, 1.54) is 26.3 Å². The van der Waals surface area contributed by atoms with Gasteiger partial charge in [0.2, 0.25) is 5.88 Å². The zero-order chi connectivity index (χ0) is 14.0. The third kappa shape index (κ3) is 2.94. The molecule has 6 heteroatoms. The maximum atomic E-state index is 12.1. The van der Waals surface area contributed by atoms with Gasteiger partial charge >= 0.3 is 6.03 Å². The molecule has 1 heterocycles. The molecule has 0 bridgehead atoms. The van der Waals surface area contributed by atoms with E-state index in [0.717, 1.165) is 0 Å². The minimum absolute atomic E-state index is 0.165. The molecule has 1 aliphatic rings. The highest BCUT2D eigenvalue weighted by Gasteiger charge is 2.45. The molecule has 1 fully saturated rings. The molecular weight excluding hydrogens is 244 g/mol. The second-order valence-corrected chi connectivity index (χ2v) is 5.32. The molecule has 1 aliphatic carbocycles. The Bertz CT molecular complexity index is 473. The zero-order valence-electron chi connectivity index (χ0n) is 11.8. The molecule has 2 amide bonds. The van der Waals surface area contributed by atoms with Crippen LogP contribution in [0.5, 0.6) is 5.88 Å². The number of methoxy groups -OCH3 is 1. The first-order valence-corrected chi connectivity index (χ1v) is 6.36. The number of nitrogens with zero attached hydrogens (tertiary/aromatic N) is 3. The van der Waals surface area contributed by atoms with E-state index in [4.69, 9.17) is 4.74 Å². The van der Waals surface area contributed by atoms with Gasteiger partial charge in [0.05, 0.1) is 7.11 Å². The molecule has 0 spiro atoms. The maximum Gasteiger partial charge on any atom is 0.323 e. The van der Waals surface area contributed by atoms with Gasteiger partial charge in [-0.05, 0) is 25.2 Å². The second kappa shape index (κ2) is 5.03. The molecule has 6 nitrogen and oxygen atoms in total. The van der Waals surface area contributed by atoms with Crippen molar-refractivity contribution in [2.24, 2.45) is 5.41 Å². The van der Waals surface area contributed by atoms with Crippen LogP contribution in [0.15, 0.2) is 12.4 Å². The lowest BCUT2D eigenvalue weighted by atomic mass is 10.00. The molecule has 0 aliphatic heterocycles. The zero-order valence-corrected chi connectivity index (χ0v) is 11.8. The Morgan fingerprint density at radius 3 is 2.79 bits per heavy atom. The Hall–Kier alpha value is -1.85. The molecule has 1 atom stereocenters. The van der Waals surface area contributed by atoms with E-state index in [0.29, 0.717) is 11.7 Å². The summed E-state index contributed by atoms with van der Waals surface area (Å²) in [4.78, 5) is 21.8. The van der Waals surface area contributed by atoms with Gasteiger partial charge in [0.25, 0.3) is 0 Å². The van der Waals surface area contributed by atoms with Crippen LogP contribution < -0.4 is 10.1 Å². The predicted molar refractivity (Wildman–Crippen MR) is 72.2 cm³/mol. The summed E-state index contributed by atoms with van der Waals surface area (Å²) < 4.78 is 4.99. The Morgan fingerprint density at radius 2 is 2.21 bits per heavy atom. The van der Waals surface area contributed by atoms with Crippen molar-refractivity contribution in [1.29, 1.82) is 0 Å². The largest absolute Gasteiger partial charge is 0.481 e. The van der Waals surface area contributed by atoms with E-state index in [1.54, 1.807) is 11.0 Å². The molecule has 1 saturated carbocycles. The first-order valence-electron chi connectivity index (χ1n) is 6.36. The summed E-state index contributed by atoms with van der Waals surface area (Å²) in [6, 6.07) is 1.63. The first kappa shape index (κ1) is 13.6. The molecule has 1 aromatic rings. The topological polar surface area (TPSA) is 67.3 Å². The average molecular weight is 264 g/mol. The normalized spacial score (nSPS) is 17.5. The Kier molecular flexibility index (Phi) is 3.59. The second-order valence-electron chi connectivity index (χ2n) is 5.32. The van der Waals surface area contributed by atoms with Gasteiger partial charge in [-0.2, -0.15) is 0 Å². The van der Waals surface area contributed by atoms with Crippen LogP contribution in [0.2, 0.25) is 0 Å². The van der Waals surface area contributed by atoms with Crippen LogP contribution in [-0.2, 0) is 0 Å². The Labute approximate surface area is 113 Å². The molecular formula is C13H20N4O2. The summed E-state index contributed by atoms with van der Waals surface area (Å²) in [5, 5.41) is 2.75. The summed E-state index contributed by atoms with van der Waals surface area (Å²) in [5.41, 5.74) is 0.259. The summed E-state index contributed by atoms with van der Waals surface area (Å²) in [5.74, 6) is 0.868. The van der Waals surface area contributed by atoms with Gasteiger partial charge < -0.3 is 9.64 Å². The average Bonchev–Trinajstić information content (AvgIpc) is 3.16. The molecule has 1 aromatic heterocycles. The van der Waals surface area contributed by atoms with Crippen LogP contribution in [0, 0.1) is 5.41 Å². The van der Waals surface area contributed by atoms with Crippen LogP contribution in [-0.4, -0.2) is 41.1 Å². The lowest BCUT2D eigenvalue weighted by molar-refractivity contribution is 0.183. The van der Waals surface area contributed by atoms with Crippen LogP contribution in [0.25, 0.3) is 0 Å². The third-order valence-corrected chi connectivity index (χ3v) is 4.03. The van der Waals surface area contributed by atoms with Gasteiger partial charge in [-0.1, -0.05) is 6.92 Å². The first-order chi connectivity index (χ1) is 8.96.